The molecule has 1 atom stereocenters. The lowest BCUT2D eigenvalue weighted by molar-refractivity contribution is 0.164. The molecule has 1 aromatic carbocycles. The van der Waals surface area contributed by atoms with Gasteiger partial charge in [-0.1, -0.05) is 12.1 Å². The molecule has 1 fully saturated rings. The molecule has 0 N–H and O–H groups in total. The van der Waals surface area contributed by atoms with Gasteiger partial charge in [-0.25, -0.2) is 19.9 Å². The van der Waals surface area contributed by atoms with E-state index < -0.39 is 0 Å². The van der Waals surface area contributed by atoms with Crippen LogP contribution in [0, 0.1) is 13.8 Å². The molecule has 3 aromatic rings. The van der Waals surface area contributed by atoms with Crippen LogP contribution >= 0.6 is 0 Å². The van der Waals surface area contributed by atoms with Crippen molar-refractivity contribution in [2.75, 3.05) is 18.0 Å². The molecule has 4 rings (SSSR count). The van der Waals surface area contributed by atoms with Gasteiger partial charge in [0, 0.05) is 18.9 Å². The number of anilines is 1. The lowest BCUT2D eigenvalue weighted by Crippen LogP contribution is -2.42. The first-order valence-electron chi connectivity index (χ1n) is 8.63. The third-order valence-corrected chi connectivity index (χ3v) is 4.43. The van der Waals surface area contributed by atoms with Crippen molar-refractivity contribution < 1.29 is 4.74 Å². The van der Waals surface area contributed by atoms with E-state index in [9.17, 15) is 0 Å². The molecule has 1 aliphatic heterocycles. The highest BCUT2D eigenvalue weighted by molar-refractivity contribution is 5.76. The fourth-order valence-electron chi connectivity index (χ4n) is 3.20. The molecule has 0 aliphatic carbocycles. The quantitative estimate of drug-likeness (QED) is 0.733. The molecule has 0 saturated carbocycles. The number of piperidine rings is 1. The summed E-state index contributed by atoms with van der Waals surface area (Å²) in [5.41, 5.74) is 3.83. The van der Waals surface area contributed by atoms with Crippen LogP contribution in [0.15, 0.2) is 36.7 Å². The molecule has 3 heterocycles. The normalized spacial score (nSPS) is 17.7. The molecule has 0 spiro atoms. The molecule has 6 nitrogen and oxygen atoms in total. The van der Waals surface area contributed by atoms with Gasteiger partial charge in [-0.05, 0) is 44.4 Å². The minimum absolute atomic E-state index is 0.0594. The van der Waals surface area contributed by atoms with E-state index in [0.29, 0.717) is 6.01 Å². The summed E-state index contributed by atoms with van der Waals surface area (Å²) in [6, 6.07) is 8.42. The fraction of sp³-hybridized carbons (Fsp3) is 0.368. The van der Waals surface area contributed by atoms with Gasteiger partial charge < -0.3 is 9.64 Å². The molecule has 0 bridgehead atoms. The monoisotopic (exact) mass is 335 g/mol. The summed E-state index contributed by atoms with van der Waals surface area (Å²) in [5, 5.41) is 0. The van der Waals surface area contributed by atoms with E-state index in [0.717, 1.165) is 54.0 Å². The number of hydrogen-bond donors (Lipinski definition) is 0. The number of rotatable bonds is 3. The Kier molecular flexibility index (Phi) is 4.17. The Balaban J connectivity index is 1.54. The number of aryl methyl sites for hydroxylation is 2. The molecular formula is C19H21N5O. The average molecular weight is 335 g/mol. The zero-order valence-electron chi connectivity index (χ0n) is 14.5. The Hall–Kier alpha value is -2.76. The Labute approximate surface area is 146 Å². The highest BCUT2D eigenvalue weighted by Gasteiger charge is 2.24. The lowest BCUT2D eigenvalue weighted by Gasteiger charge is -2.33. The largest absolute Gasteiger partial charge is 0.458 e. The molecule has 0 radical (unpaired) electrons. The molecule has 128 valence electrons. The number of benzene rings is 1. The molecule has 25 heavy (non-hydrogen) atoms. The Morgan fingerprint density at radius 2 is 1.76 bits per heavy atom. The van der Waals surface area contributed by atoms with Gasteiger partial charge in [-0.3, -0.25) is 0 Å². The number of hydrogen-bond acceptors (Lipinski definition) is 6. The van der Waals surface area contributed by atoms with Gasteiger partial charge in [0.2, 0.25) is 0 Å². The minimum Gasteiger partial charge on any atom is -0.458 e. The number of nitrogens with zero attached hydrogens (tertiary/aromatic N) is 5. The zero-order valence-corrected chi connectivity index (χ0v) is 14.5. The van der Waals surface area contributed by atoms with Gasteiger partial charge in [0.1, 0.15) is 6.10 Å². The maximum absolute atomic E-state index is 5.98. The predicted molar refractivity (Wildman–Crippen MR) is 96.9 cm³/mol. The number of aromatic nitrogens is 4. The van der Waals surface area contributed by atoms with E-state index in [1.54, 1.807) is 12.4 Å². The maximum atomic E-state index is 5.98. The van der Waals surface area contributed by atoms with Crippen molar-refractivity contribution >= 4 is 16.9 Å². The van der Waals surface area contributed by atoms with Crippen LogP contribution in [0.5, 0.6) is 6.01 Å². The number of para-hydroxylation sites is 2. The average Bonchev–Trinajstić information content (AvgIpc) is 2.63. The lowest BCUT2D eigenvalue weighted by atomic mass is 10.1. The molecule has 0 amide bonds. The Morgan fingerprint density at radius 1 is 1.04 bits per heavy atom. The van der Waals surface area contributed by atoms with E-state index in [2.05, 4.69) is 14.9 Å². The minimum atomic E-state index is 0.0594. The maximum Gasteiger partial charge on any atom is 0.316 e. The topological polar surface area (TPSA) is 64.0 Å². The SMILES string of the molecule is Cc1cnc(OC2CCCN(c3nc4ccccc4nc3C)C2)nc1. The van der Waals surface area contributed by atoms with E-state index in [1.807, 2.05) is 38.1 Å². The van der Waals surface area contributed by atoms with Gasteiger partial charge in [-0.15, -0.1) is 0 Å². The van der Waals surface area contributed by atoms with Crippen LogP contribution in [0.1, 0.15) is 24.1 Å². The third-order valence-electron chi connectivity index (χ3n) is 4.43. The molecule has 1 saturated heterocycles. The highest BCUT2D eigenvalue weighted by Crippen LogP contribution is 2.24. The Morgan fingerprint density at radius 3 is 2.52 bits per heavy atom. The first-order chi connectivity index (χ1) is 12.2. The molecule has 1 aliphatic rings. The highest BCUT2D eigenvalue weighted by atomic mass is 16.5. The van der Waals surface area contributed by atoms with Crippen LogP contribution in [-0.2, 0) is 0 Å². The van der Waals surface area contributed by atoms with Gasteiger partial charge in [-0.2, -0.15) is 0 Å². The predicted octanol–water partition coefficient (Wildman–Crippen LogP) is 3.08. The molecule has 2 aromatic heterocycles. The summed E-state index contributed by atoms with van der Waals surface area (Å²) >= 11 is 0. The van der Waals surface area contributed by atoms with Gasteiger partial charge in [0.05, 0.1) is 23.3 Å². The second-order valence-corrected chi connectivity index (χ2v) is 6.49. The number of ether oxygens (including phenoxy) is 1. The summed E-state index contributed by atoms with van der Waals surface area (Å²) in [6.07, 6.45) is 5.66. The van der Waals surface area contributed by atoms with Crippen molar-refractivity contribution in [3.8, 4) is 6.01 Å². The first-order valence-corrected chi connectivity index (χ1v) is 8.63. The van der Waals surface area contributed by atoms with Gasteiger partial charge in [0.15, 0.2) is 5.82 Å². The van der Waals surface area contributed by atoms with Crippen molar-refractivity contribution in [2.24, 2.45) is 0 Å². The van der Waals surface area contributed by atoms with Crippen LogP contribution in [0.3, 0.4) is 0 Å². The van der Waals surface area contributed by atoms with E-state index >= 15 is 0 Å². The first kappa shape index (κ1) is 15.7. The second kappa shape index (κ2) is 6.63. The number of fused-ring (bicyclic) bond motifs is 1. The summed E-state index contributed by atoms with van der Waals surface area (Å²) in [5.74, 6) is 0.942. The third kappa shape index (κ3) is 3.38. The fourth-order valence-corrected chi connectivity index (χ4v) is 3.20. The Bertz CT molecular complexity index is 881. The van der Waals surface area contributed by atoms with E-state index in [1.165, 1.54) is 0 Å². The van der Waals surface area contributed by atoms with Crippen LogP contribution in [0.25, 0.3) is 11.0 Å². The summed E-state index contributed by atoms with van der Waals surface area (Å²) in [4.78, 5) is 20.3. The van der Waals surface area contributed by atoms with Crippen LogP contribution < -0.4 is 9.64 Å². The van der Waals surface area contributed by atoms with Crippen LogP contribution in [0.2, 0.25) is 0 Å². The smallest absolute Gasteiger partial charge is 0.316 e. The van der Waals surface area contributed by atoms with E-state index in [4.69, 9.17) is 14.7 Å². The van der Waals surface area contributed by atoms with Crippen LogP contribution in [-0.4, -0.2) is 39.1 Å². The molecular weight excluding hydrogens is 314 g/mol. The second-order valence-electron chi connectivity index (χ2n) is 6.49. The zero-order chi connectivity index (χ0) is 17.2. The van der Waals surface area contributed by atoms with E-state index in [-0.39, 0.29) is 6.10 Å². The summed E-state index contributed by atoms with van der Waals surface area (Å²) < 4.78 is 5.98. The summed E-state index contributed by atoms with van der Waals surface area (Å²) in [7, 11) is 0. The standard InChI is InChI=1S/C19H21N5O/c1-13-10-20-19(21-11-13)25-15-6-5-9-24(12-15)18-14(2)22-16-7-3-4-8-17(16)23-18/h3-4,7-8,10-11,15H,5-6,9,12H2,1-2H3. The summed E-state index contributed by atoms with van der Waals surface area (Å²) in [6.45, 7) is 5.71. The van der Waals surface area contributed by atoms with Crippen molar-refractivity contribution in [3.63, 3.8) is 0 Å². The van der Waals surface area contributed by atoms with Crippen molar-refractivity contribution in [1.29, 1.82) is 0 Å². The molecule has 6 heteroatoms. The molecule has 1 unspecified atom stereocenters. The van der Waals surface area contributed by atoms with Crippen molar-refractivity contribution in [2.45, 2.75) is 32.8 Å². The van der Waals surface area contributed by atoms with Crippen LogP contribution in [0.4, 0.5) is 5.82 Å². The van der Waals surface area contributed by atoms with Crippen molar-refractivity contribution in [3.05, 3.63) is 47.9 Å². The van der Waals surface area contributed by atoms with Gasteiger partial charge in [0.25, 0.3) is 0 Å². The van der Waals surface area contributed by atoms with Crippen molar-refractivity contribution in [1.82, 2.24) is 19.9 Å². The van der Waals surface area contributed by atoms with Gasteiger partial charge >= 0.3 is 6.01 Å².